The van der Waals surface area contributed by atoms with E-state index in [1.54, 1.807) is 0 Å². The van der Waals surface area contributed by atoms with Crippen molar-refractivity contribution in [3.63, 3.8) is 0 Å². The number of carboxylic acids is 1. The van der Waals surface area contributed by atoms with Gasteiger partial charge in [-0.15, -0.1) is 0 Å². The number of hydrogen-bond acceptors (Lipinski definition) is 1. The minimum atomic E-state index is -4.93. The summed E-state index contributed by atoms with van der Waals surface area (Å²) in [4.78, 5) is 10.7. The highest BCUT2D eigenvalue weighted by atomic mass is 35.5. The van der Waals surface area contributed by atoms with Crippen molar-refractivity contribution in [3.05, 3.63) is 35.9 Å². The molecule has 0 aliphatic carbocycles. The summed E-state index contributed by atoms with van der Waals surface area (Å²) in [5.41, 5.74) is -0.701. The van der Waals surface area contributed by atoms with Crippen molar-refractivity contribution in [2.75, 3.05) is 0 Å². The van der Waals surface area contributed by atoms with Gasteiger partial charge in [0.05, 0.1) is 0 Å². The lowest BCUT2D eigenvalue weighted by molar-refractivity contribution is -0.532. The molecule has 1 unspecified atom stereocenters. The Morgan fingerprint density at radius 1 is 1.19 bits per heavy atom. The third-order valence-electron chi connectivity index (χ3n) is 2.12. The van der Waals surface area contributed by atoms with Gasteiger partial charge in [0, 0.05) is 5.56 Å². The molecule has 1 aromatic carbocycles. The van der Waals surface area contributed by atoms with E-state index in [1.165, 1.54) is 18.2 Å². The summed E-state index contributed by atoms with van der Waals surface area (Å²) in [5, 5.41) is 8.64. The second-order valence-corrected chi connectivity index (χ2v) is 3.07. The minimum absolute atomic E-state index is 0. The third kappa shape index (κ3) is 2.28. The summed E-state index contributed by atoms with van der Waals surface area (Å²) in [6.07, 6.45) is -4.93. The van der Waals surface area contributed by atoms with Crippen LogP contribution in [0.3, 0.4) is 0 Å². The molecule has 0 saturated carbocycles. The number of rotatable bonds is 2. The van der Waals surface area contributed by atoms with Crippen LogP contribution in [0.25, 0.3) is 0 Å². The zero-order valence-corrected chi connectivity index (χ0v) is 8.72. The Labute approximate surface area is 95.5 Å². The molecule has 0 heterocycles. The van der Waals surface area contributed by atoms with E-state index in [1.807, 2.05) is 0 Å². The number of carboxylic acid groups (broad SMARTS) is 1. The maximum Gasteiger partial charge on any atom is 0.460 e. The van der Waals surface area contributed by atoms with Crippen LogP contribution in [-0.2, 0) is 10.3 Å². The van der Waals surface area contributed by atoms with Crippen LogP contribution in [0.2, 0.25) is 0 Å². The molecule has 0 fully saturated rings. The zero-order valence-electron chi connectivity index (χ0n) is 7.96. The van der Waals surface area contributed by atoms with Gasteiger partial charge in [0.15, 0.2) is 0 Å². The van der Waals surface area contributed by atoms with Crippen molar-refractivity contribution < 1.29 is 41.2 Å². The smallest absolute Gasteiger partial charge is 0.460 e. The van der Waals surface area contributed by atoms with E-state index < -0.39 is 17.7 Å². The molecule has 7 heteroatoms. The highest BCUT2D eigenvalue weighted by Crippen LogP contribution is 2.35. The van der Waals surface area contributed by atoms with Gasteiger partial charge in [0.1, 0.15) is 0 Å². The van der Waals surface area contributed by atoms with Crippen molar-refractivity contribution in [2.24, 2.45) is 0 Å². The molecule has 0 amide bonds. The van der Waals surface area contributed by atoms with Crippen molar-refractivity contribution >= 4 is 5.97 Å². The Morgan fingerprint density at radius 3 is 1.94 bits per heavy atom. The van der Waals surface area contributed by atoms with Crippen LogP contribution in [0.5, 0.6) is 0 Å². The van der Waals surface area contributed by atoms with Crippen molar-refractivity contribution in [2.45, 2.75) is 11.7 Å². The molecule has 0 saturated heterocycles. The van der Waals surface area contributed by atoms with Gasteiger partial charge in [-0.1, -0.05) is 30.3 Å². The standard InChI is InChI=1S/C9H8F3NO2.ClH/c10-9(11,12)8(13,7(14)15)6-4-2-1-3-5-6;/h1-5H,13H2,(H,14,15);1H. The summed E-state index contributed by atoms with van der Waals surface area (Å²) in [6.45, 7) is 0. The van der Waals surface area contributed by atoms with Gasteiger partial charge in [-0.3, -0.25) is 0 Å². The van der Waals surface area contributed by atoms with E-state index >= 15 is 0 Å². The lowest BCUT2D eigenvalue weighted by Crippen LogP contribution is -3.00. The van der Waals surface area contributed by atoms with E-state index in [9.17, 15) is 18.0 Å². The number of hydrogen-bond donors (Lipinski definition) is 2. The maximum absolute atomic E-state index is 12.6. The van der Waals surface area contributed by atoms with Crippen LogP contribution in [0, 0.1) is 0 Å². The van der Waals surface area contributed by atoms with Gasteiger partial charge in [-0.25, -0.2) is 4.79 Å². The highest BCUT2D eigenvalue weighted by Gasteiger charge is 2.63. The van der Waals surface area contributed by atoms with Crippen molar-refractivity contribution in [1.29, 1.82) is 0 Å². The molecular weight excluding hydrogens is 247 g/mol. The Kier molecular flexibility index (Phi) is 4.34. The first-order chi connectivity index (χ1) is 6.80. The van der Waals surface area contributed by atoms with E-state index in [4.69, 9.17) is 5.11 Å². The van der Waals surface area contributed by atoms with E-state index in [-0.39, 0.29) is 18.0 Å². The number of quaternary nitrogens is 1. The topological polar surface area (TPSA) is 64.9 Å². The fourth-order valence-corrected chi connectivity index (χ4v) is 1.13. The third-order valence-corrected chi connectivity index (χ3v) is 2.12. The predicted octanol–water partition coefficient (Wildman–Crippen LogP) is -2.23. The highest BCUT2D eigenvalue weighted by molar-refractivity contribution is 5.79. The molecule has 3 nitrogen and oxygen atoms in total. The molecular formula is C9H9ClF3NO2. The van der Waals surface area contributed by atoms with E-state index in [0.717, 1.165) is 12.1 Å². The first kappa shape index (κ1) is 14.7. The Morgan fingerprint density at radius 2 is 1.62 bits per heavy atom. The molecule has 1 aromatic rings. The van der Waals surface area contributed by atoms with Gasteiger partial charge in [-0.2, -0.15) is 13.2 Å². The lowest BCUT2D eigenvalue weighted by Gasteiger charge is -2.23. The van der Waals surface area contributed by atoms with Crippen LogP contribution in [-0.4, -0.2) is 17.3 Å². The van der Waals surface area contributed by atoms with Crippen molar-refractivity contribution in [1.82, 2.24) is 0 Å². The molecule has 0 aromatic heterocycles. The van der Waals surface area contributed by atoms with E-state index in [0.29, 0.717) is 0 Å². The molecule has 4 N–H and O–H groups in total. The summed E-state index contributed by atoms with van der Waals surface area (Å²) < 4.78 is 37.8. The number of benzene rings is 1. The van der Waals surface area contributed by atoms with E-state index in [2.05, 4.69) is 5.73 Å². The summed E-state index contributed by atoms with van der Waals surface area (Å²) >= 11 is 0. The number of alkyl halides is 3. The van der Waals surface area contributed by atoms with Crippen LogP contribution >= 0.6 is 0 Å². The monoisotopic (exact) mass is 255 g/mol. The van der Waals surface area contributed by atoms with Crippen LogP contribution in [0.4, 0.5) is 13.2 Å². The molecule has 0 bridgehead atoms. The summed E-state index contributed by atoms with van der Waals surface area (Å²) in [5.74, 6) is -2.01. The van der Waals surface area contributed by atoms with Gasteiger partial charge < -0.3 is 23.2 Å². The average Bonchev–Trinajstić information content (AvgIpc) is 2.16. The normalized spacial score (nSPS) is 14.8. The SMILES string of the molecule is [Cl-].[NH3+]C(C(=O)O)(c1ccccc1)C(F)(F)F. The van der Waals surface area contributed by atoms with Crippen LogP contribution < -0.4 is 18.1 Å². The largest absolute Gasteiger partial charge is 1.00 e. The Bertz CT molecular complexity index is 369. The molecule has 90 valence electrons. The maximum atomic E-state index is 12.6. The fraction of sp³-hybridized carbons (Fsp3) is 0.222. The van der Waals surface area contributed by atoms with Crippen molar-refractivity contribution in [3.8, 4) is 0 Å². The number of halogens is 4. The van der Waals surface area contributed by atoms with Gasteiger partial charge in [0.25, 0.3) is 0 Å². The molecule has 1 rings (SSSR count). The molecule has 16 heavy (non-hydrogen) atoms. The quantitative estimate of drug-likeness (QED) is 0.629. The molecule has 0 aliphatic heterocycles. The molecule has 0 spiro atoms. The molecule has 1 atom stereocenters. The summed E-state index contributed by atoms with van der Waals surface area (Å²) in [6, 6.07) is 6.36. The Hall–Kier alpha value is -1.27. The first-order valence-electron chi connectivity index (χ1n) is 4.01. The first-order valence-corrected chi connectivity index (χ1v) is 4.01. The number of aliphatic carboxylic acids is 1. The minimum Gasteiger partial charge on any atom is -1.00 e. The summed E-state index contributed by atoms with van der Waals surface area (Å²) in [7, 11) is 0. The zero-order chi connectivity index (χ0) is 11.7. The van der Waals surface area contributed by atoms with Crippen LogP contribution in [0.15, 0.2) is 30.3 Å². The molecule has 0 aliphatic rings. The van der Waals surface area contributed by atoms with Gasteiger partial charge in [0.2, 0.25) is 0 Å². The lowest BCUT2D eigenvalue weighted by atomic mass is 9.90. The van der Waals surface area contributed by atoms with Crippen LogP contribution in [0.1, 0.15) is 5.56 Å². The molecule has 0 radical (unpaired) electrons. The predicted molar refractivity (Wildman–Crippen MR) is 44.7 cm³/mol. The fourth-order valence-electron chi connectivity index (χ4n) is 1.13. The second kappa shape index (κ2) is 4.71. The van der Waals surface area contributed by atoms with Gasteiger partial charge >= 0.3 is 17.7 Å². The Balaban J connectivity index is 0.00000225. The number of carbonyl (C=O) groups is 1. The average molecular weight is 256 g/mol. The van der Waals surface area contributed by atoms with Gasteiger partial charge in [-0.05, 0) is 0 Å². The second-order valence-electron chi connectivity index (χ2n) is 3.07.